The molecule has 3 saturated heterocycles. The monoisotopic (exact) mass is 808 g/mol. The molecule has 308 valence electrons. The third kappa shape index (κ3) is 9.86. The number of nitrogens with zero attached hydrogens (tertiary/aromatic N) is 1. The van der Waals surface area contributed by atoms with Gasteiger partial charge in [0.1, 0.15) is 30.8 Å². The summed E-state index contributed by atoms with van der Waals surface area (Å²) in [4.78, 5) is 42.9. The molecule has 9 rings (SSSR count). The maximum atomic E-state index is 13.2. The number of aliphatic hydroxyl groups is 1. The second kappa shape index (κ2) is 18.6. The Morgan fingerprint density at radius 2 is 1.57 bits per heavy atom. The van der Waals surface area contributed by atoms with Gasteiger partial charge in [0.25, 0.3) is 0 Å². The summed E-state index contributed by atoms with van der Waals surface area (Å²) in [5.41, 5.74) is 5.38. The number of benzene rings is 5. The van der Waals surface area contributed by atoms with Gasteiger partial charge in [-0.25, -0.2) is 9.59 Å². The molecule has 0 spiro atoms. The molecule has 4 heterocycles. The summed E-state index contributed by atoms with van der Waals surface area (Å²) in [6, 6.07) is 37.8. The van der Waals surface area contributed by atoms with Crippen molar-refractivity contribution in [1.29, 1.82) is 0 Å². The Kier molecular flexibility index (Phi) is 12.5. The molecule has 5 N–H and O–H groups in total. The van der Waals surface area contributed by atoms with Crippen LogP contribution < -0.4 is 20.9 Å². The molecule has 0 saturated carbocycles. The second-order valence-corrected chi connectivity index (χ2v) is 15.5. The highest BCUT2D eigenvalue weighted by atomic mass is 16.6. The minimum atomic E-state index is -0.884. The molecule has 1 amide bonds. The van der Waals surface area contributed by atoms with Crippen LogP contribution in [-0.4, -0.2) is 64.4 Å². The zero-order valence-corrected chi connectivity index (χ0v) is 33.1. The Labute approximate surface area is 347 Å². The third-order valence-electron chi connectivity index (χ3n) is 11.3. The van der Waals surface area contributed by atoms with Crippen molar-refractivity contribution in [3.63, 3.8) is 0 Å². The van der Waals surface area contributed by atoms with E-state index >= 15 is 0 Å². The molecule has 3 aliphatic heterocycles. The van der Waals surface area contributed by atoms with Crippen LogP contribution in [0.5, 0.6) is 11.5 Å². The summed E-state index contributed by atoms with van der Waals surface area (Å²) in [5, 5.41) is 28.0. The first-order valence-corrected chi connectivity index (χ1v) is 20.3. The lowest BCUT2D eigenvalue weighted by Crippen LogP contribution is -2.52. The fourth-order valence-electron chi connectivity index (χ4n) is 8.10. The number of aromatic amines is 1. The van der Waals surface area contributed by atoms with E-state index in [1.165, 1.54) is 12.1 Å². The number of pyridine rings is 1. The zero-order chi connectivity index (χ0) is 41.4. The molecule has 1 aromatic heterocycles. The van der Waals surface area contributed by atoms with Gasteiger partial charge in [-0.1, -0.05) is 84.9 Å². The first-order chi connectivity index (χ1) is 29.3. The highest BCUT2D eigenvalue weighted by molar-refractivity contribution is 5.89. The average Bonchev–Trinajstić information content (AvgIpc) is 3.28. The number of fused-ring (bicyclic) bond motifs is 4. The first kappa shape index (κ1) is 40.3. The van der Waals surface area contributed by atoms with Gasteiger partial charge in [-0.3, -0.25) is 9.69 Å². The molecule has 1 unspecified atom stereocenters. The molecule has 3 atom stereocenters. The van der Waals surface area contributed by atoms with Crippen LogP contribution in [0.2, 0.25) is 0 Å². The van der Waals surface area contributed by atoms with Gasteiger partial charge in [-0.05, 0) is 102 Å². The number of hydrogen-bond donors (Lipinski definition) is 5. The SMILES string of the molecule is O=C(NC(c1ccccc1)c1cccc(OCc2ccc(C(=O)OCc3cccc(CNC[C@@H](O)c4ccc(O)c5[nH]c(=O)ccc45)c3)cc2)c1)O[C@H]1CN2CCC1CC2. The van der Waals surface area contributed by atoms with E-state index in [-0.39, 0.29) is 42.7 Å². The van der Waals surface area contributed by atoms with E-state index in [1.807, 2.05) is 91.0 Å². The van der Waals surface area contributed by atoms with Crippen molar-refractivity contribution in [2.45, 2.75) is 50.8 Å². The van der Waals surface area contributed by atoms with Crippen molar-refractivity contribution in [2.75, 3.05) is 26.2 Å². The molecule has 3 aliphatic rings. The lowest BCUT2D eigenvalue weighted by atomic mass is 9.86. The number of alkyl carbamates (subject to hydrolysis) is 1. The number of piperidine rings is 3. The smallest absolute Gasteiger partial charge is 0.408 e. The minimum absolute atomic E-state index is 0.0622. The Balaban J connectivity index is 0.817. The molecule has 0 radical (unpaired) electrons. The predicted octanol–water partition coefficient (Wildman–Crippen LogP) is 6.90. The highest BCUT2D eigenvalue weighted by Gasteiger charge is 2.37. The molecular weight excluding hydrogens is 761 g/mol. The van der Waals surface area contributed by atoms with E-state index in [9.17, 15) is 24.6 Å². The summed E-state index contributed by atoms with van der Waals surface area (Å²) in [5.74, 6) is 0.545. The Morgan fingerprint density at radius 3 is 2.35 bits per heavy atom. The maximum Gasteiger partial charge on any atom is 0.408 e. The number of amides is 1. The van der Waals surface area contributed by atoms with Gasteiger partial charge >= 0.3 is 12.1 Å². The van der Waals surface area contributed by atoms with Crippen molar-refractivity contribution in [3.05, 3.63) is 177 Å². The van der Waals surface area contributed by atoms with Crippen LogP contribution in [0, 0.1) is 5.92 Å². The molecule has 12 heteroatoms. The molecular formula is C48H48N4O8. The van der Waals surface area contributed by atoms with Crippen molar-refractivity contribution in [1.82, 2.24) is 20.5 Å². The van der Waals surface area contributed by atoms with Gasteiger partial charge in [0, 0.05) is 31.1 Å². The van der Waals surface area contributed by atoms with E-state index in [4.69, 9.17) is 14.2 Å². The van der Waals surface area contributed by atoms with Crippen molar-refractivity contribution < 1.29 is 34.0 Å². The van der Waals surface area contributed by atoms with Crippen LogP contribution in [-0.2, 0) is 29.2 Å². The number of H-pyrrole nitrogens is 1. The number of aliphatic hydroxyl groups excluding tert-OH is 1. The summed E-state index contributed by atoms with van der Waals surface area (Å²) in [6.45, 7) is 3.99. The van der Waals surface area contributed by atoms with Crippen molar-refractivity contribution in [2.24, 2.45) is 5.92 Å². The van der Waals surface area contributed by atoms with E-state index in [2.05, 4.69) is 20.5 Å². The largest absolute Gasteiger partial charge is 0.506 e. The van der Waals surface area contributed by atoms with E-state index in [0.29, 0.717) is 34.7 Å². The normalized spacial score (nSPS) is 18.1. The van der Waals surface area contributed by atoms with Crippen LogP contribution in [0.15, 0.2) is 132 Å². The molecule has 12 nitrogen and oxygen atoms in total. The molecule has 60 heavy (non-hydrogen) atoms. The van der Waals surface area contributed by atoms with Gasteiger partial charge in [-0.2, -0.15) is 0 Å². The van der Waals surface area contributed by atoms with E-state index in [0.717, 1.165) is 60.3 Å². The fraction of sp³-hybridized carbons (Fsp3) is 0.271. The number of rotatable bonds is 15. The Bertz CT molecular complexity index is 2480. The molecule has 6 aromatic rings. The summed E-state index contributed by atoms with van der Waals surface area (Å²) in [7, 11) is 0. The Morgan fingerprint density at radius 1 is 0.800 bits per heavy atom. The number of esters is 1. The lowest BCUT2D eigenvalue weighted by molar-refractivity contribution is -0.0336. The quantitative estimate of drug-likeness (QED) is 0.0690. The van der Waals surface area contributed by atoms with Crippen LogP contribution in [0.4, 0.5) is 4.79 Å². The number of aromatic hydroxyl groups is 1. The van der Waals surface area contributed by atoms with Gasteiger partial charge in [0.2, 0.25) is 5.56 Å². The summed E-state index contributed by atoms with van der Waals surface area (Å²) in [6.07, 6.45) is 0.722. The topological polar surface area (TPSA) is 162 Å². The van der Waals surface area contributed by atoms with Crippen LogP contribution in [0.25, 0.3) is 10.9 Å². The number of ether oxygens (including phenoxy) is 3. The molecule has 2 bridgehead atoms. The number of nitrogens with one attached hydrogen (secondary N) is 3. The number of hydrogen-bond acceptors (Lipinski definition) is 10. The lowest BCUT2D eigenvalue weighted by Gasteiger charge is -2.43. The number of carbonyl (C=O) groups is 2. The van der Waals surface area contributed by atoms with E-state index in [1.54, 1.807) is 24.3 Å². The number of phenolic OH excluding ortho intramolecular Hbond substituents is 1. The van der Waals surface area contributed by atoms with E-state index < -0.39 is 24.2 Å². The van der Waals surface area contributed by atoms with Crippen LogP contribution in [0.1, 0.15) is 68.7 Å². The summed E-state index contributed by atoms with van der Waals surface area (Å²) < 4.78 is 17.8. The van der Waals surface area contributed by atoms with Crippen molar-refractivity contribution >= 4 is 23.0 Å². The second-order valence-electron chi connectivity index (χ2n) is 15.5. The van der Waals surface area contributed by atoms with Crippen molar-refractivity contribution in [3.8, 4) is 11.5 Å². The highest BCUT2D eigenvalue weighted by Crippen LogP contribution is 2.31. The minimum Gasteiger partial charge on any atom is -0.506 e. The fourth-order valence-corrected chi connectivity index (χ4v) is 8.10. The average molecular weight is 809 g/mol. The molecule has 3 fully saturated rings. The van der Waals surface area contributed by atoms with Gasteiger partial charge < -0.3 is 40.0 Å². The standard InChI is InChI=1S/C48H48N4O8/c53-41-18-16-39(40-17-19-44(55)50-46(40)41)42(54)27-49-26-32-6-4-7-33(24-32)30-59-47(56)36-14-12-31(13-15-36)29-58-38-11-5-10-37(25-38)45(35-8-2-1-3-9-35)51-48(57)60-43-28-52-22-20-34(43)21-23-52/h1-19,24-25,34,42-43,45,49,53-54H,20-23,26-30H2,(H,50,55)(H,51,57)/t42-,43+,45?/m1/s1. The van der Waals surface area contributed by atoms with Gasteiger partial charge in [0.15, 0.2) is 0 Å². The Hall–Kier alpha value is -6.47. The zero-order valence-electron chi connectivity index (χ0n) is 33.1. The number of carbonyl (C=O) groups excluding carboxylic acids is 2. The third-order valence-corrected chi connectivity index (χ3v) is 11.3. The van der Waals surface area contributed by atoms with Crippen LogP contribution >= 0.6 is 0 Å². The maximum absolute atomic E-state index is 13.2. The summed E-state index contributed by atoms with van der Waals surface area (Å²) >= 11 is 0. The molecule has 0 aliphatic carbocycles. The number of aromatic nitrogens is 1. The van der Waals surface area contributed by atoms with Crippen LogP contribution in [0.3, 0.4) is 0 Å². The van der Waals surface area contributed by atoms with Gasteiger partial charge in [0.05, 0.1) is 23.2 Å². The predicted molar refractivity (Wildman–Crippen MR) is 227 cm³/mol. The molecule has 5 aromatic carbocycles. The number of phenols is 1. The van der Waals surface area contributed by atoms with Gasteiger partial charge in [-0.15, -0.1) is 0 Å². The first-order valence-electron chi connectivity index (χ1n) is 20.3.